The third kappa shape index (κ3) is 7.42. The molecule has 9 nitrogen and oxygen atoms in total. The maximum absolute atomic E-state index is 13.8. The van der Waals surface area contributed by atoms with Gasteiger partial charge in [0.25, 0.3) is 11.8 Å². The van der Waals surface area contributed by atoms with Crippen LogP contribution >= 0.6 is 11.8 Å². The number of aryl methyl sites for hydroxylation is 2. The Hall–Kier alpha value is -3.08. The highest BCUT2D eigenvalue weighted by molar-refractivity contribution is 8.00. The minimum atomic E-state index is -1.60. The van der Waals surface area contributed by atoms with Gasteiger partial charge in [-0.05, 0) is 70.1 Å². The lowest BCUT2D eigenvalue weighted by atomic mass is 9.97. The van der Waals surface area contributed by atoms with Gasteiger partial charge >= 0.3 is 0 Å². The second-order valence-corrected chi connectivity index (χ2v) is 13.1. The first-order chi connectivity index (χ1) is 19.5. The van der Waals surface area contributed by atoms with E-state index in [1.807, 2.05) is 76.2 Å². The number of carbonyl (C=O) groups is 3. The monoisotopic (exact) mass is 583 g/mol. The minimum Gasteiger partial charge on any atom is -0.483 e. The van der Waals surface area contributed by atoms with Gasteiger partial charge in [-0.15, -0.1) is 11.8 Å². The van der Waals surface area contributed by atoms with E-state index in [0.29, 0.717) is 18.6 Å². The molecule has 4 N–H and O–H groups in total. The van der Waals surface area contributed by atoms with Crippen LogP contribution in [0.5, 0.6) is 5.75 Å². The molecule has 1 heterocycles. The Morgan fingerprint density at radius 1 is 1.07 bits per heavy atom. The molecule has 1 aliphatic heterocycles. The zero-order valence-corrected chi connectivity index (χ0v) is 24.9. The molecule has 2 aromatic carbocycles. The zero-order chi connectivity index (χ0) is 29.7. The van der Waals surface area contributed by atoms with Crippen molar-refractivity contribution >= 4 is 29.5 Å². The zero-order valence-electron chi connectivity index (χ0n) is 24.1. The number of rotatable bonds is 10. The highest BCUT2D eigenvalue weighted by Crippen LogP contribution is 2.40. The first kappa shape index (κ1) is 30.9. The van der Waals surface area contributed by atoms with Gasteiger partial charge < -0.3 is 30.5 Å². The molecule has 0 spiro atoms. The number of aliphatic hydroxyl groups is 2. The van der Waals surface area contributed by atoms with E-state index in [1.54, 1.807) is 0 Å². The van der Waals surface area contributed by atoms with Crippen LogP contribution in [0.2, 0.25) is 0 Å². The number of carbonyl (C=O) groups excluding carboxylic acids is 3. The Morgan fingerprint density at radius 3 is 2.39 bits per heavy atom. The van der Waals surface area contributed by atoms with Crippen molar-refractivity contribution in [3.8, 4) is 5.75 Å². The van der Waals surface area contributed by atoms with Gasteiger partial charge in [-0.3, -0.25) is 14.4 Å². The Labute approximate surface area is 246 Å². The lowest BCUT2D eigenvalue weighted by Gasteiger charge is -2.34. The molecule has 2 aliphatic rings. The summed E-state index contributed by atoms with van der Waals surface area (Å²) in [4.78, 5) is 41.6. The van der Waals surface area contributed by atoms with Crippen LogP contribution in [0.4, 0.5) is 0 Å². The summed E-state index contributed by atoms with van der Waals surface area (Å²) in [6.07, 6.45) is 0.133. The topological polar surface area (TPSA) is 128 Å². The van der Waals surface area contributed by atoms with Crippen molar-refractivity contribution in [2.75, 3.05) is 12.5 Å². The number of hydrogen-bond donors (Lipinski definition) is 4. The average Bonchev–Trinajstić information content (AvgIpc) is 3.48. The van der Waals surface area contributed by atoms with Crippen molar-refractivity contribution in [3.63, 3.8) is 0 Å². The van der Waals surface area contributed by atoms with Gasteiger partial charge in [-0.25, -0.2) is 0 Å². The van der Waals surface area contributed by atoms with E-state index in [2.05, 4.69) is 10.6 Å². The normalized spacial score (nSPS) is 23.1. The van der Waals surface area contributed by atoms with Crippen LogP contribution < -0.4 is 15.4 Å². The van der Waals surface area contributed by atoms with Crippen molar-refractivity contribution in [1.82, 2.24) is 15.5 Å². The van der Waals surface area contributed by atoms with Gasteiger partial charge in [0.1, 0.15) is 11.8 Å². The smallest absolute Gasteiger partial charge is 0.258 e. The molecule has 5 atom stereocenters. The standard InChI is InChI=1S/C31H41N3O6S/c1-19-10-8-11-20(2)27(19)40-17-25(36)32-23(16-21-12-6-5-7-13-21)26(37)30(39)34-18-41-31(3,4)28(34)29(38)33-22-14-9-15-24(22)35/h5-8,10-13,22-24,26,28,35,37H,9,14-18H2,1-4H3,(H,32,36)(H,33,38)/t22?,23-,24?,26-,28+/m0/s1. The van der Waals surface area contributed by atoms with Gasteiger partial charge in [0, 0.05) is 4.75 Å². The molecule has 3 amide bonds. The summed E-state index contributed by atoms with van der Waals surface area (Å²) in [7, 11) is 0. The SMILES string of the molecule is Cc1cccc(C)c1OCC(=O)N[C@@H](Cc1ccccc1)[C@H](O)C(=O)N1CSC(C)(C)[C@H]1C(=O)NC1CCCC1O. The molecule has 1 saturated heterocycles. The molecule has 2 fully saturated rings. The number of aliphatic hydroxyl groups excluding tert-OH is 2. The van der Waals surface area contributed by atoms with Crippen LogP contribution in [0.3, 0.4) is 0 Å². The lowest BCUT2D eigenvalue weighted by molar-refractivity contribution is -0.148. The van der Waals surface area contributed by atoms with E-state index in [4.69, 9.17) is 4.74 Å². The average molecular weight is 584 g/mol. The molecule has 10 heteroatoms. The van der Waals surface area contributed by atoms with Gasteiger partial charge in [0.15, 0.2) is 12.7 Å². The number of hydrogen-bond acceptors (Lipinski definition) is 7. The van der Waals surface area contributed by atoms with Crippen molar-refractivity contribution < 1.29 is 29.3 Å². The maximum atomic E-state index is 13.8. The van der Waals surface area contributed by atoms with E-state index in [9.17, 15) is 24.6 Å². The summed E-state index contributed by atoms with van der Waals surface area (Å²) in [5.74, 6) is -0.614. The first-order valence-electron chi connectivity index (χ1n) is 14.1. The Morgan fingerprint density at radius 2 is 1.76 bits per heavy atom. The lowest BCUT2D eigenvalue weighted by Crippen LogP contribution is -2.60. The van der Waals surface area contributed by atoms with Crippen LogP contribution in [0.1, 0.15) is 49.8 Å². The quantitative estimate of drug-likeness (QED) is 0.338. The van der Waals surface area contributed by atoms with E-state index >= 15 is 0 Å². The van der Waals surface area contributed by atoms with Crippen LogP contribution in [0.15, 0.2) is 48.5 Å². The second kappa shape index (κ2) is 13.3. The van der Waals surface area contributed by atoms with Crippen molar-refractivity contribution in [2.45, 2.75) is 88.5 Å². The number of thioether (sulfide) groups is 1. The number of nitrogens with one attached hydrogen (secondary N) is 2. The third-order valence-electron chi connectivity index (χ3n) is 7.92. The second-order valence-electron chi connectivity index (χ2n) is 11.5. The van der Waals surface area contributed by atoms with E-state index in [0.717, 1.165) is 23.1 Å². The molecule has 0 radical (unpaired) electrons. The number of amides is 3. The Balaban J connectivity index is 1.50. The molecule has 2 aromatic rings. The molecule has 41 heavy (non-hydrogen) atoms. The summed E-state index contributed by atoms with van der Waals surface area (Å²) >= 11 is 1.45. The third-order valence-corrected chi connectivity index (χ3v) is 9.29. The Kier molecular flexibility index (Phi) is 9.99. The minimum absolute atomic E-state index is 0.207. The fraction of sp³-hybridized carbons (Fsp3) is 0.516. The van der Waals surface area contributed by atoms with Crippen molar-refractivity contribution in [3.05, 3.63) is 65.2 Å². The summed E-state index contributed by atoms with van der Waals surface area (Å²) in [5, 5.41) is 27.4. The number of para-hydroxylation sites is 1. The van der Waals surface area contributed by atoms with Crippen molar-refractivity contribution in [2.24, 2.45) is 0 Å². The van der Waals surface area contributed by atoms with E-state index < -0.39 is 40.9 Å². The van der Waals surface area contributed by atoms with Crippen LogP contribution in [0.25, 0.3) is 0 Å². The number of nitrogens with zero attached hydrogens (tertiary/aromatic N) is 1. The number of ether oxygens (including phenoxy) is 1. The maximum Gasteiger partial charge on any atom is 0.258 e. The molecular weight excluding hydrogens is 542 g/mol. The van der Waals surface area contributed by atoms with Crippen LogP contribution in [-0.2, 0) is 20.8 Å². The van der Waals surface area contributed by atoms with Crippen molar-refractivity contribution in [1.29, 1.82) is 0 Å². The molecule has 2 unspecified atom stereocenters. The van der Waals surface area contributed by atoms with Crippen LogP contribution in [-0.4, -0.2) is 80.4 Å². The molecule has 0 bridgehead atoms. The highest BCUT2D eigenvalue weighted by Gasteiger charge is 2.50. The molecule has 0 aromatic heterocycles. The summed E-state index contributed by atoms with van der Waals surface area (Å²) in [6, 6.07) is 12.9. The fourth-order valence-corrected chi connectivity index (χ4v) is 6.79. The van der Waals surface area contributed by atoms with Crippen LogP contribution in [0, 0.1) is 13.8 Å². The predicted molar refractivity (Wildman–Crippen MR) is 158 cm³/mol. The fourth-order valence-electron chi connectivity index (χ4n) is 5.65. The Bertz CT molecular complexity index is 1220. The molecule has 222 valence electrons. The first-order valence-corrected chi connectivity index (χ1v) is 15.1. The predicted octanol–water partition coefficient (Wildman–Crippen LogP) is 2.48. The molecule has 4 rings (SSSR count). The van der Waals surface area contributed by atoms with E-state index in [1.165, 1.54) is 16.7 Å². The summed E-state index contributed by atoms with van der Waals surface area (Å²) < 4.78 is 5.19. The summed E-state index contributed by atoms with van der Waals surface area (Å²) in [5.41, 5.74) is 2.64. The van der Waals surface area contributed by atoms with E-state index in [-0.39, 0.29) is 30.9 Å². The summed E-state index contributed by atoms with van der Waals surface area (Å²) in [6.45, 7) is 7.30. The van der Waals surface area contributed by atoms with Gasteiger partial charge in [-0.2, -0.15) is 0 Å². The van der Waals surface area contributed by atoms with Gasteiger partial charge in [0.05, 0.1) is 24.1 Å². The highest BCUT2D eigenvalue weighted by atomic mass is 32.2. The molecular formula is C31H41N3O6S. The number of benzene rings is 2. The molecule has 1 aliphatic carbocycles. The van der Waals surface area contributed by atoms with Gasteiger partial charge in [0.2, 0.25) is 5.91 Å². The molecule has 1 saturated carbocycles. The largest absolute Gasteiger partial charge is 0.483 e. The van der Waals surface area contributed by atoms with Gasteiger partial charge in [-0.1, -0.05) is 48.5 Å².